The first kappa shape index (κ1) is 16.3. The van der Waals surface area contributed by atoms with Crippen LogP contribution in [0.15, 0.2) is 51.7 Å². The van der Waals surface area contributed by atoms with Gasteiger partial charge in [-0.2, -0.15) is 0 Å². The van der Waals surface area contributed by atoms with Gasteiger partial charge < -0.3 is 9.52 Å². The van der Waals surface area contributed by atoms with Crippen LogP contribution >= 0.6 is 11.6 Å². The molecule has 0 aliphatic heterocycles. The van der Waals surface area contributed by atoms with Crippen molar-refractivity contribution in [3.63, 3.8) is 0 Å². The molecule has 0 atom stereocenters. The van der Waals surface area contributed by atoms with Crippen LogP contribution in [-0.4, -0.2) is 10.9 Å². The Morgan fingerprint density at radius 2 is 1.88 bits per heavy atom. The Balaban J connectivity index is 2.26. The molecule has 1 N–H and O–H groups in total. The number of halogens is 1. The number of fused-ring (bicyclic) bond motifs is 1. The van der Waals surface area contributed by atoms with E-state index in [1.54, 1.807) is 12.1 Å². The van der Waals surface area contributed by atoms with Crippen LogP contribution in [0.2, 0.25) is 5.02 Å². The van der Waals surface area contributed by atoms with Crippen LogP contribution in [0.5, 0.6) is 5.75 Å². The zero-order valence-corrected chi connectivity index (χ0v) is 13.8. The van der Waals surface area contributed by atoms with E-state index >= 15 is 0 Å². The summed E-state index contributed by atoms with van der Waals surface area (Å²) in [7, 11) is 0. The fourth-order valence-corrected chi connectivity index (χ4v) is 3.07. The van der Waals surface area contributed by atoms with Crippen LogP contribution < -0.4 is 5.63 Å². The lowest BCUT2D eigenvalue weighted by molar-refractivity contribution is -0.116. The molecule has 0 aliphatic rings. The minimum Gasteiger partial charge on any atom is -0.502 e. The van der Waals surface area contributed by atoms with Gasteiger partial charge in [-0.05, 0) is 24.1 Å². The smallest absolute Gasteiger partial charge is 0.379 e. The van der Waals surface area contributed by atoms with E-state index in [9.17, 15) is 14.7 Å². The van der Waals surface area contributed by atoms with Gasteiger partial charge in [0.2, 0.25) is 5.75 Å². The fraction of sp³-hybridized carbons (Fsp3) is 0.158. The molecule has 122 valence electrons. The SMILES string of the molecule is CC(=O)Cc1ccc2oc(=O)c(O)c(Cc3ccccc3)c2c1Cl. The van der Waals surface area contributed by atoms with Crippen molar-refractivity contribution in [1.82, 2.24) is 0 Å². The van der Waals surface area contributed by atoms with Crippen molar-refractivity contribution in [3.05, 3.63) is 74.6 Å². The molecule has 0 saturated heterocycles. The number of hydrogen-bond acceptors (Lipinski definition) is 4. The second-order valence-corrected chi connectivity index (χ2v) is 6.05. The maximum atomic E-state index is 11.9. The highest BCUT2D eigenvalue weighted by molar-refractivity contribution is 6.36. The molecule has 3 aromatic rings. The Morgan fingerprint density at radius 1 is 1.17 bits per heavy atom. The van der Waals surface area contributed by atoms with Crippen molar-refractivity contribution in [3.8, 4) is 5.75 Å². The monoisotopic (exact) mass is 342 g/mol. The maximum absolute atomic E-state index is 11.9. The van der Waals surface area contributed by atoms with Crippen LogP contribution in [0.1, 0.15) is 23.6 Å². The zero-order chi connectivity index (χ0) is 17.3. The maximum Gasteiger partial charge on any atom is 0.379 e. The van der Waals surface area contributed by atoms with Crippen LogP contribution in [-0.2, 0) is 17.6 Å². The normalized spacial score (nSPS) is 10.9. The second-order valence-electron chi connectivity index (χ2n) is 5.67. The number of ketones is 1. The van der Waals surface area contributed by atoms with Gasteiger partial charge in [-0.15, -0.1) is 0 Å². The number of hydrogen-bond donors (Lipinski definition) is 1. The third kappa shape index (κ3) is 3.05. The lowest BCUT2D eigenvalue weighted by Crippen LogP contribution is -2.05. The molecular weight excluding hydrogens is 328 g/mol. The van der Waals surface area contributed by atoms with Crippen molar-refractivity contribution in [2.75, 3.05) is 0 Å². The molecule has 2 aromatic carbocycles. The van der Waals surface area contributed by atoms with Crippen molar-refractivity contribution >= 4 is 28.4 Å². The van der Waals surface area contributed by atoms with E-state index in [0.29, 0.717) is 33.5 Å². The van der Waals surface area contributed by atoms with Crippen LogP contribution in [0.3, 0.4) is 0 Å². The number of aromatic hydroxyl groups is 1. The molecule has 4 nitrogen and oxygen atoms in total. The average Bonchev–Trinajstić information content (AvgIpc) is 2.55. The molecule has 1 heterocycles. The molecule has 5 heteroatoms. The second kappa shape index (κ2) is 6.49. The highest BCUT2D eigenvalue weighted by Crippen LogP contribution is 2.34. The summed E-state index contributed by atoms with van der Waals surface area (Å²) >= 11 is 6.46. The van der Waals surface area contributed by atoms with Gasteiger partial charge in [-0.25, -0.2) is 4.79 Å². The molecular formula is C19H15ClO4. The summed E-state index contributed by atoms with van der Waals surface area (Å²) in [5.41, 5.74) is 1.46. The van der Waals surface area contributed by atoms with E-state index < -0.39 is 11.4 Å². The Bertz CT molecular complexity index is 974. The van der Waals surface area contributed by atoms with Gasteiger partial charge in [-0.1, -0.05) is 48.0 Å². The molecule has 3 rings (SSSR count). The fourth-order valence-electron chi connectivity index (χ4n) is 2.73. The lowest BCUT2D eigenvalue weighted by atomic mass is 9.98. The van der Waals surface area contributed by atoms with Gasteiger partial charge in [0.25, 0.3) is 0 Å². The molecule has 0 radical (unpaired) electrons. The molecule has 0 amide bonds. The number of Topliss-reactive ketones (excluding diaryl/α,β-unsaturated/α-hetero) is 1. The standard InChI is InChI=1S/C19H15ClO4/c1-11(21)9-13-7-8-15-16(17(13)20)14(18(22)19(23)24-15)10-12-5-3-2-4-6-12/h2-8,22H,9-10H2,1H3. The highest BCUT2D eigenvalue weighted by Gasteiger charge is 2.19. The van der Waals surface area contributed by atoms with Crippen molar-refractivity contribution in [2.24, 2.45) is 0 Å². The highest BCUT2D eigenvalue weighted by atomic mass is 35.5. The number of rotatable bonds is 4. The van der Waals surface area contributed by atoms with Gasteiger partial charge in [0.1, 0.15) is 11.4 Å². The van der Waals surface area contributed by atoms with E-state index in [4.69, 9.17) is 16.0 Å². The summed E-state index contributed by atoms with van der Waals surface area (Å²) < 4.78 is 5.14. The Hall–Kier alpha value is -2.59. The summed E-state index contributed by atoms with van der Waals surface area (Å²) in [5.74, 6) is -0.476. The van der Waals surface area contributed by atoms with E-state index in [2.05, 4.69) is 0 Å². The molecule has 0 bridgehead atoms. The molecule has 0 fully saturated rings. The lowest BCUT2D eigenvalue weighted by Gasteiger charge is -2.12. The minimum atomic E-state index is -0.802. The Labute approximate surface area is 143 Å². The summed E-state index contributed by atoms with van der Waals surface area (Å²) in [6.07, 6.45) is 0.511. The van der Waals surface area contributed by atoms with Crippen molar-refractivity contribution < 1.29 is 14.3 Å². The van der Waals surface area contributed by atoms with E-state index in [0.717, 1.165) is 5.56 Å². The third-order valence-electron chi connectivity index (χ3n) is 3.83. The summed E-state index contributed by atoms with van der Waals surface area (Å²) in [6, 6.07) is 12.7. The first-order chi connectivity index (χ1) is 11.5. The van der Waals surface area contributed by atoms with Crippen LogP contribution in [0, 0.1) is 0 Å². The molecule has 1 aromatic heterocycles. The first-order valence-corrected chi connectivity index (χ1v) is 7.84. The molecule has 0 unspecified atom stereocenters. The summed E-state index contributed by atoms with van der Waals surface area (Å²) in [5, 5.41) is 11.0. The molecule has 0 aliphatic carbocycles. The average molecular weight is 343 g/mol. The van der Waals surface area contributed by atoms with Crippen molar-refractivity contribution in [1.29, 1.82) is 0 Å². The topological polar surface area (TPSA) is 67.5 Å². The number of carbonyl (C=O) groups excluding carboxylic acids is 1. The predicted molar refractivity (Wildman–Crippen MR) is 92.8 cm³/mol. The molecule has 0 saturated carbocycles. The number of benzene rings is 2. The molecule has 0 spiro atoms. The Morgan fingerprint density at radius 3 is 2.54 bits per heavy atom. The van der Waals surface area contributed by atoms with Gasteiger partial charge in [0, 0.05) is 23.8 Å². The zero-order valence-electron chi connectivity index (χ0n) is 13.0. The van der Waals surface area contributed by atoms with E-state index in [1.807, 2.05) is 30.3 Å². The van der Waals surface area contributed by atoms with Crippen molar-refractivity contribution in [2.45, 2.75) is 19.8 Å². The van der Waals surface area contributed by atoms with E-state index in [1.165, 1.54) is 6.92 Å². The Kier molecular flexibility index (Phi) is 4.40. The summed E-state index contributed by atoms with van der Waals surface area (Å²) in [6.45, 7) is 1.48. The minimum absolute atomic E-state index is 0.0255. The van der Waals surface area contributed by atoms with Gasteiger partial charge in [-0.3, -0.25) is 4.79 Å². The van der Waals surface area contributed by atoms with Gasteiger partial charge in [0.05, 0.1) is 5.02 Å². The summed E-state index contributed by atoms with van der Waals surface area (Å²) in [4.78, 5) is 23.3. The van der Waals surface area contributed by atoms with E-state index in [-0.39, 0.29) is 12.2 Å². The van der Waals surface area contributed by atoms with Gasteiger partial charge >= 0.3 is 5.63 Å². The quantitative estimate of drug-likeness (QED) is 0.731. The largest absolute Gasteiger partial charge is 0.502 e. The van der Waals surface area contributed by atoms with Crippen LogP contribution in [0.4, 0.5) is 0 Å². The number of carbonyl (C=O) groups is 1. The van der Waals surface area contributed by atoms with Gasteiger partial charge in [0.15, 0.2) is 0 Å². The molecule has 24 heavy (non-hydrogen) atoms. The predicted octanol–water partition coefficient (Wildman–Crippen LogP) is 3.87. The van der Waals surface area contributed by atoms with Crippen LogP contribution in [0.25, 0.3) is 11.0 Å². The first-order valence-electron chi connectivity index (χ1n) is 7.46. The third-order valence-corrected chi connectivity index (χ3v) is 4.26.